The SMILES string of the molecule is CNC(c1ccc(Br)c(F)c1)c1cnc(C(F)(F)F)s1. The minimum Gasteiger partial charge on any atom is -0.309 e. The molecule has 0 amide bonds. The second-order valence-electron chi connectivity index (χ2n) is 3.96. The molecule has 0 fully saturated rings. The highest BCUT2D eigenvalue weighted by atomic mass is 79.9. The van der Waals surface area contributed by atoms with Gasteiger partial charge in [0, 0.05) is 11.1 Å². The second kappa shape index (κ2) is 5.79. The molecule has 0 spiro atoms. The van der Waals surface area contributed by atoms with Crippen molar-refractivity contribution < 1.29 is 17.6 Å². The number of halogens is 5. The molecule has 1 aromatic carbocycles. The fraction of sp³-hybridized carbons (Fsp3) is 0.250. The van der Waals surface area contributed by atoms with Gasteiger partial charge in [-0.3, -0.25) is 0 Å². The van der Waals surface area contributed by atoms with Gasteiger partial charge in [-0.1, -0.05) is 6.07 Å². The zero-order valence-electron chi connectivity index (χ0n) is 10.1. The van der Waals surface area contributed by atoms with Crippen molar-refractivity contribution >= 4 is 27.3 Å². The number of nitrogens with zero attached hydrogens (tertiary/aromatic N) is 1. The molecule has 1 aromatic heterocycles. The van der Waals surface area contributed by atoms with E-state index in [2.05, 4.69) is 26.2 Å². The number of aromatic nitrogens is 1. The summed E-state index contributed by atoms with van der Waals surface area (Å²) in [5.74, 6) is -0.469. The van der Waals surface area contributed by atoms with Crippen LogP contribution < -0.4 is 5.32 Å². The largest absolute Gasteiger partial charge is 0.443 e. The summed E-state index contributed by atoms with van der Waals surface area (Å²) in [6, 6.07) is 3.89. The van der Waals surface area contributed by atoms with Gasteiger partial charge in [-0.2, -0.15) is 13.2 Å². The van der Waals surface area contributed by atoms with Crippen molar-refractivity contribution in [3.63, 3.8) is 0 Å². The Morgan fingerprint density at radius 1 is 1.35 bits per heavy atom. The molecule has 0 aliphatic carbocycles. The third-order valence-corrected chi connectivity index (χ3v) is 4.37. The van der Waals surface area contributed by atoms with Crippen LogP contribution in [-0.4, -0.2) is 12.0 Å². The Labute approximate surface area is 125 Å². The summed E-state index contributed by atoms with van der Waals surface area (Å²) in [5.41, 5.74) is 0.533. The lowest BCUT2D eigenvalue weighted by Gasteiger charge is -2.15. The molecule has 108 valence electrons. The molecule has 0 radical (unpaired) electrons. The Bertz CT molecular complexity index is 612. The lowest BCUT2D eigenvalue weighted by Crippen LogP contribution is -2.16. The average molecular weight is 369 g/mol. The van der Waals surface area contributed by atoms with Crippen molar-refractivity contribution in [3.05, 3.63) is 50.1 Å². The van der Waals surface area contributed by atoms with Crippen molar-refractivity contribution in [2.45, 2.75) is 12.2 Å². The Hall–Kier alpha value is -0.990. The van der Waals surface area contributed by atoms with Crippen molar-refractivity contribution in [1.29, 1.82) is 0 Å². The summed E-state index contributed by atoms with van der Waals surface area (Å²) in [5, 5.41) is 1.96. The highest BCUT2D eigenvalue weighted by Gasteiger charge is 2.35. The van der Waals surface area contributed by atoms with Crippen molar-refractivity contribution in [2.24, 2.45) is 0 Å². The van der Waals surface area contributed by atoms with Gasteiger partial charge in [-0.25, -0.2) is 9.37 Å². The predicted octanol–water partition coefficient (Wildman–Crippen LogP) is 4.37. The number of alkyl halides is 3. The van der Waals surface area contributed by atoms with E-state index in [1.165, 1.54) is 12.1 Å². The van der Waals surface area contributed by atoms with Crippen LogP contribution in [0.4, 0.5) is 17.6 Å². The Morgan fingerprint density at radius 2 is 2.05 bits per heavy atom. The summed E-state index contributed by atoms with van der Waals surface area (Å²) >= 11 is 3.58. The molecule has 2 aromatic rings. The number of hydrogen-bond donors (Lipinski definition) is 1. The molecule has 0 saturated carbocycles. The number of rotatable bonds is 3. The van der Waals surface area contributed by atoms with Crippen molar-refractivity contribution in [3.8, 4) is 0 Å². The maximum atomic E-state index is 13.5. The topological polar surface area (TPSA) is 24.9 Å². The molecule has 0 aliphatic heterocycles. The summed E-state index contributed by atoms with van der Waals surface area (Å²) < 4.78 is 51.5. The van der Waals surface area contributed by atoms with E-state index in [9.17, 15) is 17.6 Å². The molecule has 0 aliphatic rings. The van der Waals surface area contributed by atoms with E-state index in [0.717, 1.165) is 6.20 Å². The standard InChI is InChI=1S/C12H9BrF4N2S/c1-18-10(6-2-3-7(13)8(14)4-6)9-5-19-11(20-9)12(15,16)17/h2-5,10,18H,1H3. The first-order valence-corrected chi connectivity index (χ1v) is 7.09. The van der Waals surface area contributed by atoms with Crippen LogP contribution in [0.25, 0.3) is 0 Å². The highest BCUT2D eigenvalue weighted by molar-refractivity contribution is 9.10. The van der Waals surface area contributed by atoms with Gasteiger partial charge >= 0.3 is 6.18 Å². The molecule has 1 heterocycles. The molecule has 1 atom stereocenters. The van der Waals surface area contributed by atoms with E-state index in [1.54, 1.807) is 13.1 Å². The van der Waals surface area contributed by atoms with E-state index in [0.29, 0.717) is 26.3 Å². The monoisotopic (exact) mass is 368 g/mol. The Morgan fingerprint density at radius 3 is 2.55 bits per heavy atom. The maximum absolute atomic E-state index is 13.5. The molecule has 1 unspecified atom stereocenters. The van der Waals surface area contributed by atoms with Gasteiger partial charge in [0.05, 0.1) is 10.5 Å². The normalized spacial score (nSPS) is 13.5. The fourth-order valence-corrected chi connectivity index (χ4v) is 2.88. The minimum atomic E-state index is -4.47. The van der Waals surface area contributed by atoms with E-state index in [4.69, 9.17) is 0 Å². The number of thiazole rings is 1. The van der Waals surface area contributed by atoms with Gasteiger partial charge < -0.3 is 5.32 Å². The molecule has 0 bridgehead atoms. The molecule has 2 rings (SSSR count). The third kappa shape index (κ3) is 3.18. The molecular weight excluding hydrogens is 360 g/mol. The number of hydrogen-bond acceptors (Lipinski definition) is 3. The lowest BCUT2D eigenvalue weighted by molar-refractivity contribution is -0.137. The quantitative estimate of drug-likeness (QED) is 0.813. The maximum Gasteiger partial charge on any atom is 0.443 e. The van der Waals surface area contributed by atoms with E-state index in [-0.39, 0.29) is 0 Å². The summed E-state index contributed by atoms with van der Waals surface area (Å²) in [6.45, 7) is 0. The Balaban J connectivity index is 2.37. The summed E-state index contributed by atoms with van der Waals surface area (Å²) in [7, 11) is 1.59. The van der Waals surface area contributed by atoms with Crippen LogP contribution in [0.1, 0.15) is 21.5 Å². The van der Waals surface area contributed by atoms with E-state index in [1.807, 2.05) is 0 Å². The van der Waals surface area contributed by atoms with Crippen molar-refractivity contribution in [1.82, 2.24) is 10.3 Å². The number of benzene rings is 1. The summed E-state index contributed by atoms with van der Waals surface area (Å²) in [4.78, 5) is 3.75. The predicted molar refractivity (Wildman–Crippen MR) is 72.1 cm³/mol. The summed E-state index contributed by atoms with van der Waals surface area (Å²) in [6.07, 6.45) is -3.30. The first-order valence-electron chi connectivity index (χ1n) is 5.48. The van der Waals surface area contributed by atoms with Crippen LogP contribution in [-0.2, 0) is 6.18 Å². The third-order valence-electron chi connectivity index (χ3n) is 2.62. The first kappa shape index (κ1) is 15.4. The molecular formula is C12H9BrF4N2S. The minimum absolute atomic E-state index is 0.302. The van der Waals surface area contributed by atoms with Crippen LogP contribution in [0.2, 0.25) is 0 Å². The molecule has 1 N–H and O–H groups in total. The average Bonchev–Trinajstić information content (AvgIpc) is 2.84. The van der Waals surface area contributed by atoms with E-state index < -0.39 is 23.0 Å². The zero-order valence-corrected chi connectivity index (χ0v) is 12.5. The molecule has 0 saturated heterocycles. The first-order chi connectivity index (χ1) is 9.32. The van der Waals surface area contributed by atoms with Crippen molar-refractivity contribution in [2.75, 3.05) is 7.05 Å². The van der Waals surface area contributed by atoms with Gasteiger partial charge in [0.1, 0.15) is 5.82 Å². The van der Waals surface area contributed by atoms with E-state index >= 15 is 0 Å². The molecule has 8 heteroatoms. The van der Waals surface area contributed by atoms with Crippen LogP contribution in [0.3, 0.4) is 0 Å². The van der Waals surface area contributed by atoms with Crippen LogP contribution in [0.15, 0.2) is 28.9 Å². The van der Waals surface area contributed by atoms with Crippen LogP contribution in [0, 0.1) is 5.82 Å². The smallest absolute Gasteiger partial charge is 0.309 e. The molecule has 20 heavy (non-hydrogen) atoms. The van der Waals surface area contributed by atoms with Gasteiger partial charge in [0.25, 0.3) is 0 Å². The molecule has 2 nitrogen and oxygen atoms in total. The highest BCUT2D eigenvalue weighted by Crippen LogP contribution is 2.36. The van der Waals surface area contributed by atoms with Gasteiger partial charge in [0.15, 0.2) is 5.01 Å². The second-order valence-corrected chi connectivity index (χ2v) is 5.88. The van der Waals surface area contributed by atoms with Crippen LogP contribution in [0.5, 0.6) is 0 Å². The van der Waals surface area contributed by atoms with Gasteiger partial charge in [-0.05, 0) is 40.7 Å². The van der Waals surface area contributed by atoms with Crippen LogP contribution >= 0.6 is 27.3 Å². The number of nitrogens with one attached hydrogen (secondary N) is 1. The fourth-order valence-electron chi connectivity index (χ4n) is 1.72. The van der Waals surface area contributed by atoms with Gasteiger partial charge in [0.2, 0.25) is 0 Å². The van der Waals surface area contributed by atoms with Gasteiger partial charge in [-0.15, -0.1) is 11.3 Å². The Kier molecular flexibility index (Phi) is 4.46. The zero-order chi connectivity index (χ0) is 14.9. The lowest BCUT2D eigenvalue weighted by atomic mass is 10.1.